The van der Waals surface area contributed by atoms with Crippen LogP contribution < -0.4 is 16.6 Å². The molecule has 1 aliphatic carbocycles. The molecule has 0 unspecified atom stereocenters. The van der Waals surface area contributed by atoms with Crippen molar-refractivity contribution in [3.8, 4) is 5.69 Å². The van der Waals surface area contributed by atoms with E-state index in [1.807, 2.05) is 6.92 Å². The van der Waals surface area contributed by atoms with Crippen LogP contribution in [0.4, 0.5) is 0 Å². The zero-order chi connectivity index (χ0) is 21.4. The summed E-state index contributed by atoms with van der Waals surface area (Å²) in [6, 6.07) is 12.6. The van der Waals surface area contributed by atoms with E-state index in [2.05, 4.69) is 5.32 Å². The molecule has 4 rings (SSSR count). The van der Waals surface area contributed by atoms with Crippen LogP contribution in [-0.2, 0) is 4.79 Å². The number of benzene rings is 2. The van der Waals surface area contributed by atoms with Crippen molar-refractivity contribution in [3.05, 3.63) is 74.9 Å². The van der Waals surface area contributed by atoms with Gasteiger partial charge >= 0.3 is 5.69 Å². The molecule has 7 nitrogen and oxygen atoms in total. The Morgan fingerprint density at radius 3 is 2.50 bits per heavy atom. The van der Waals surface area contributed by atoms with Crippen molar-refractivity contribution < 1.29 is 9.59 Å². The lowest BCUT2D eigenvalue weighted by molar-refractivity contribution is -0.124. The number of hydrogen-bond acceptors (Lipinski definition) is 4. The summed E-state index contributed by atoms with van der Waals surface area (Å²) in [5, 5.41) is 3.30. The lowest BCUT2D eigenvalue weighted by Gasteiger charge is -2.21. The average molecular weight is 405 g/mol. The predicted molar refractivity (Wildman–Crippen MR) is 114 cm³/mol. The van der Waals surface area contributed by atoms with Gasteiger partial charge in [-0.15, -0.1) is 0 Å². The molecule has 154 valence electrons. The molecule has 0 radical (unpaired) electrons. The number of Topliss-reactive ketones (excluding diaryl/α,β-unsaturated/α-hetero) is 1. The second-order valence-corrected chi connectivity index (χ2v) is 7.62. The van der Waals surface area contributed by atoms with Crippen LogP contribution in [0, 0.1) is 0 Å². The summed E-state index contributed by atoms with van der Waals surface area (Å²) in [7, 11) is 0. The van der Waals surface area contributed by atoms with E-state index in [0.717, 1.165) is 17.4 Å². The van der Waals surface area contributed by atoms with Crippen LogP contribution in [0.15, 0.2) is 58.1 Å². The molecule has 0 spiro atoms. The van der Waals surface area contributed by atoms with Crippen LogP contribution in [0.5, 0.6) is 0 Å². The Balaban J connectivity index is 2.00. The quantitative estimate of drug-likeness (QED) is 0.638. The number of nitrogens with zero attached hydrogens (tertiary/aromatic N) is 2. The van der Waals surface area contributed by atoms with Gasteiger partial charge in [-0.2, -0.15) is 0 Å². The molecular weight excluding hydrogens is 382 g/mol. The third kappa shape index (κ3) is 3.47. The summed E-state index contributed by atoms with van der Waals surface area (Å²) in [6.45, 7) is 3.26. The molecule has 1 amide bonds. The third-order valence-corrected chi connectivity index (χ3v) is 5.43. The van der Waals surface area contributed by atoms with Crippen LogP contribution in [0.3, 0.4) is 0 Å². The topological polar surface area (TPSA) is 90.2 Å². The molecule has 0 bridgehead atoms. The highest BCUT2D eigenvalue weighted by Crippen LogP contribution is 2.22. The van der Waals surface area contributed by atoms with Gasteiger partial charge in [-0.3, -0.25) is 19.0 Å². The lowest BCUT2D eigenvalue weighted by Crippen LogP contribution is -2.44. The Labute approximate surface area is 173 Å². The van der Waals surface area contributed by atoms with E-state index >= 15 is 0 Å². The molecule has 1 saturated carbocycles. The second-order valence-electron chi connectivity index (χ2n) is 7.62. The van der Waals surface area contributed by atoms with Crippen molar-refractivity contribution in [2.24, 2.45) is 0 Å². The first-order valence-electron chi connectivity index (χ1n) is 10.1. The molecule has 1 heterocycles. The number of hydrogen-bond donors (Lipinski definition) is 1. The van der Waals surface area contributed by atoms with Gasteiger partial charge < -0.3 is 5.32 Å². The van der Waals surface area contributed by atoms with Gasteiger partial charge in [0.1, 0.15) is 6.04 Å². The number of carbonyl (C=O) groups excluding carboxylic acids is 2. The van der Waals surface area contributed by atoms with Crippen molar-refractivity contribution in [2.75, 3.05) is 0 Å². The minimum atomic E-state index is -0.745. The number of ketones is 1. The molecule has 0 aliphatic heterocycles. The summed E-state index contributed by atoms with van der Waals surface area (Å²) in [5.74, 6) is -0.392. The van der Waals surface area contributed by atoms with E-state index in [-0.39, 0.29) is 17.7 Å². The Kier molecular flexibility index (Phi) is 5.11. The van der Waals surface area contributed by atoms with Crippen LogP contribution >= 0.6 is 0 Å². The Morgan fingerprint density at radius 1 is 1.10 bits per heavy atom. The zero-order valence-electron chi connectivity index (χ0n) is 16.9. The van der Waals surface area contributed by atoms with E-state index in [1.54, 1.807) is 42.5 Å². The highest BCUT2D eigenvalue weighted by atomic mass is 16.2. The molecule has 1 fully saturated rings. The highest BCUT2D eigenvalue weighted by molar-refractivity contribution is 5.94. The molecule has 1 atom stereocenters. The molecular formula is C23H23N3O4. The number of rotatable bonds is 6. The predicted octanol–water partition coefficient (Wildman–Crippen LogP) is 2.58. The smallest absolute Gasteiger partial charge is 0.336 e. The fourth-order valence-corrected chi connectivity index (χ4v) is 3.69. The van der Waals surface area contributed by atoms with Crippen molar-refractivity contribution >= 4 is 22.6 Å². The van der Waals surface area contributed by atoms with Crippen LogP contribution in [0.2, 0.25) is 0 Å². The maximum atomic E-state index is 13.6. The Hall–Kier alpha value is -3.48. The van der Waals surface area contributed by atoms with E-state index in [0.29, 0.717) is 28.6 Å². The van der Waals surface area contributed by atoms with Crippen molar-refractivity contribution in [2.45, 2.75) is 45.2 Å². The minimum absolute atomic E-state index is 0.159. The number of amides is 1. The SMILES string of the molecule is CC[C@H](C(=O)NC1CC1)n1c(=O)n(-c2cccc(C(C)=O)c2)c(=O)c2ccccc21. The van der Waals surface area contributed by atoms with E-state index in [1.165, 1.54) is 17.6 Å². The Morgan fingerprint density at radius 2 is 1.83 bits per heavy atom. The summed E-state index contributed by atoms with van der Waals surface area (Å²) in [6.07, 6.45) is 2.28. The maximum Gasteiger partial charge on any atom is 0.336 e. The maximum absolute atomic E-state index is 13.6. The number of carbonyl (C=O) groups is 2. The van der Waals surface area contributed by atoms with Gasteiger partial charge in [0.05, 0.1) is 16.6 Å². The monoisotopic (exact) mass is 405 g/mol. The van der Waals surface area contributed by atoms with Crippen LogP contribution in [0.25, 0.3) is 16.6 Å². The summed E-state index contributed by atoms with van der Waals surface area (Å²) in [4.78, 5) is 51.5. The normalized spacial score (nSPS) is 14.5. The van der Waals surface area contributed by atoms with E-state index in [9.17, 15) is 19.2 Å². The summed E-state index contributed by atoms with van der Waals surface area (Å²) >= 11 is 0. The number of nitrogens with one attached hydrogen (secondary N) is 1. The summed E-state index contributed by atoms with van der Waals surface area (Å²) in [5.41, 5.74) is 0.0400. The fraction of sp³-hybridized carbons (Fsp3) is 0.304. The minimum Gasteiger partial charge on any atom is -0.352 e. The first-order chi connectivity index (χ1) is 14.4. The van der Waals surface area contributed by atoms with Gasteiger partial charge in [0.25, 0.3) is 5.56 Å². The van der Waals surface area contributed by atoms with Crippen LogP contribution in [-0.4, -0.2) is 26.9 Å². The Bertz CT molecular complexity index is 1270. The van der Waals surface area contributed by atoms with Crippen molar-refractivity contribution in [1.82, 2.24) is 14.5 Å². The lowest BCUT2D eigenvalue weighted by atomic mass is 10.1. The standard InChI is InChI=1S/C23H23N3O4/c1-3-19(21(28)24-16-11-12-16)26-20-10-5-4-9-18(20)22(29)25(23(26)30)17-8-6-7-15(13-17)14(2)27/h4-10,13,16,19H,3,11-12H2,1-2H3,(H,24,28)/t19-/m1/s1. The number of fused-ring (bicyclic) bond motifs is 1. The molecule has 1 N–H and O–H groups in total. The number of aromatic nitrogens is 2. The molecule has 2 aromatic carbocycles. The second kappa shape index (κ2) is 7.74. The first-order valence-corrected chi connectivity index (χ1v) is 10.1. The fourth-order valence-electron chi connectivity index (χ4n) is 3.69. The molecule has 1 aromatic heterocycles. The van der Waals surface area contributed by atoms with Gasteiger partial charge in [0, 0.05) is 11.6 Å². The van der Waals surface area contributed by atoms with Gasteiger partial charge in [-0.05, 0) is 50.5 Å². The molecule has 7 heteroatoms. The third-order valence-electron chi connectivity index (χ3n) is 5.43. The highest BCUT2D eigenvalue weighted by Gasteiger charge is 2.30. The van der Waals surface area contributed by atoms with E-state index < -0.39 is 17.3 Å². The van der Waals surface area contributed by atoms with Crippen LogP contribution in [0.1, 0.15) is 49.5 Å². The van der Waals surface area contributed by atoms with Crippen molar-refractivity contribution in [3.63, 3.8) is 0 Å². The van der Waals surface area contributed by atoms with Gasteiger partial charge in [0.15, 0.2) is 5.78 Å². The van der Waals surface area contributed by atoms with E-state index in [4.69, 9.17) is 0 Å². The summed E-state index contributed by atoms with van der Waals surface area (Å²) < 4.78 is 2.44. The average Bonchev–Trinajstić information content (AvgIpc) is 3.55. The van der Waals surface area contributed by atoms with Gasteiger partial charge in [-0.1, -0.05) is 31.2 Å². The zero-order valence-corrected chi connectivity index (χ0v) is 16.9. The number of para-hydroxylation sites is 1. The molecule has 1 aliphatic rings. The largest absolute Gasteiger partial charge is 0.352 e. The molecule has 3 aromatic rings. The van der Waals surface area contributed by atoms with Crippen molar-refractivity contribution in [1.29, 1.82) is 0 Å². The molecule has 30 heavy (non-hydrogen) atoms. The van der Waals surface area contributed by atoms with Gasteiger partial charge in [0.2, 0.25) is 5.91 Å². The molecule has 0 saturated heterocycles. The first kappa shape index (κ1) is 19.8. The van der Waals surface area contributed by atoms with Gasteiger partial charge in [-0.25, -0.2) is 9.36 Å².